The summed E-state index contributed by atoms with van der Waals surface area (Å²) >= 11 is 3.96. The molecule has 0 unspecified atom stereocenters. The first-order valence-corrected chi connectivity index (χ1v) is 14.0. The zero-order valence-electron chi connectivity index (χ0n) is 20.2. The van der Waals surface area contributed by atoms with Gasteiger partial charge < -0.3 is 10.2 Å². The summed E-state index contributed by atoms with van der Waals surface area (Å²) in [5, 5.41) is 22.2. The second-order valence-electron chi connectivity index (χ2n) is 12.8. The normalized spacial score (nSPS) is 51.9. The minimum Gasteiger partial charge on any atom is -0.393 e. The molecule has 0 aromatic rings. The quantitative estimate of drug-likeness (QED) is 0.419. The van der Waals surface area contributed by atoms with Crippen LogP contribution in [0.4, 0.5) is 0 Å². The van der Waals surface area contributed by atoms with Gasteiger partial charge in [0.25, 0.3) is 0 Å². The fourth-order valence-electron chi connectivity index (χ4n) is 9.24. The molecule has 0 heterocycles. The summed E-state index contributed by atoms with van der Waals surface area (Å²) in [4.78, 5) is 0.121. The molecule has 2 N–H and O–H groups in total. The SMILES string of the molecule is CC(C)CCC[C@@H](C)[C@H]1CC[C@H]2[C@@H]3C[C@@H]([76Br])[C@@]4(O)C[C@@H](O)CC[C@]4(C)[C@H]3CC[C@]12C. The Bertz CT molecular complexity index is 622. The van der Waals surface area contributed by atoms with Crippen LogP contribution in [-0.2, 0) is 0 Å². The van der Waals surface area contributed by atoms with Crippen LogP contribution < -0.4 is 0 Å². The third-order valence-electron chi connectivity index (χ3n) is 11.0. The van der Waals surface area contributed by atoms with Crippen LogP contribution in [0.5, 0.6) is 0 Å². The molecular formula is C27H47BrO2. The fourth-order valence-corrected chi connectivity index (χ4v) is 10.4. The highest BCUT2D eigenvalue weighted by Gasteiger charge is 2.67. The number of halogens is 1. The van der Waals surface area contributed by atoms with Gasteiger partial charge in [-0.25, -0.2) is 0 Å². The predicted molar refractivity (Wildman–Crippen MR) is 129 cm³/mol. The third-order valence-corrected chi connectivity index (χ3v) is 12.1. The van der Waals surface area contributed by atoms with Gasteiger partial charge >= 0.3 is 0 Å². The molecule has 0 spiro atoms. The van der Waals surface area contributed by atoms with E-state index in [1.165, 1.54) is 44.9 Å². The van der Waals surface area contributed by atoms with Gasteiger partial charge in [0, 0.05) is 16.7 Å². The van der Waals surface area contributed by atoms with Crippen LogP contribution >= 0.6 is 15.9 Å². The number of aliphatic hydroxyl groups is 2. The van der Waals surface area contributed by atoms with E-state index in [1.54, 1.807) is 0 Å². The largest absolute Gasteiger partial charge is 0.393 e. The van der Waals surface area contributed by atoms with Gasteiger partial charge in [-0.05, 0) is 85.9 Å². The molecule has 174 valence electrons. The molecule has 10 atom stereocenters. The lowest BCUT2D eigenvalue weighted by Crippen LogP contribution is -2.67. The first-order valence-electron chi connectivity index (χ1n) is 13.1. The van der Waals surface area contributed by atoms with Gasteiger partial charge in [-0.15, -0.1) is 0 Å². The molecule has 30 heavy (non-hydrogen) atoms. The maximum absolute atomic E-state index is 11.8. The van der Waals surface area contributed by atoms with Crippen molar-refractivity contribution in [3.8, 4) is 0 Å². The first kappa shape index (κ1) is 23.6. The van der Waals surface area contributed by atoms with E-state index < -0.39 is 5.60 Å². The van der Waals surface area contributed by atoms with E-state index >= 15 is 0 Å². The molecular weight excluding hydrogens is 432 g/mol. The summed E-state index contributed by atoms with van der Waals surface area (Å²) in [5.74, 6) is 4.73. The van der Waals surface area contributed by atoms with Crippen molar-refractivity contribution < 1.29 is 10.2 Å². The van der Waals surface area contributed by atoms with Gasteiger partial charge in [-0.1, -0.05) is 69.8 Å². The zero-order valence-corrected chi connectivity index (χ0v) is 21.8. The average molecular weight is 480 g/mol. The van der Waals surface area contributed by atoms with Crippen molar-refractivity contribution in [2.24, 2.45) is 46.3 Å². The maximum atomic E-state index is 11.8. The highest BCUT2D eigenvalue weighted by molar-refractivity contribution is 9.09. The number of alkyl halides is 1. The Morgan fingerprint density at radius 3 is 2.40 bits per heavy atom. The fraction of sp³-hybridized carbons (Fsp3) is 1.00. The standard InChI is InChI=1S/C27H47BrO2/c1-17(2)7-6-8-18(3)21-9-10-22-20-15-24(28)27(30)16-19(29)11-14-26(27,5)23(20)12-13-25(21,22)4/h17-24,29-30H,6-16H2,1-5H3/t18-,19+,20+,21-,22+,23+,24-,25-,26-,27+/m1/s1/i28-4. The Labute approximate surface area is 194 Å². The number of hydrogen-bond acceptors (Lipinski definition) is 2. The molecule has 4 saturated carbocycles. The van der Waals surface area contributed by atoms with Gasteiger partial charge in [0.15, 0.2) is 0 Å². The van der Waals surface area contributed by atoms with Gasteiger partial charge in [0.2, 0.25) is 0 Å². The van der Waals surface area contributed by atoms with E-state index in [4.69, 9.17) is 0 Å². The van der Waals surface area contributed by atoms with Crippen molar-refractivity contribution in [1.82, 2.24) is 0 Å². The topological polar surface area (TPSA) is 40.5 Å². The molecule has 4 aliphatic rings. The van der Waals surface area contributed by atoms with Gasteiger partial charge in [0.1, 0.15) is 0 Å². The summed E-state index contributed by atoms with van der Waals surface area (Å²) in [5.41, 5.74) is -0.307. The van der Waals surface area contributed by atoms with E-state index in [0.717, 1.165) is 48.9 Å². The van der Waals surface area contributed by atoms with Crippen molar-refractivity contribution in [3.05, 3.63) is 0 Å². The van der Waals surface area contributed by atoms with Gasteiger partial charge in [0.05, 0.1) is 11.7 Å². The molecule has 0 aromatic carbocycles. The Kier molecular flexibility index (Phi) is 6.53. The molecule has 0 aromatic heterocycles. The minimum absolute atomic E-state index is 0.0500. The molecule has 0 radical (unpaired) electrons. The number of aliphatic hydroxyl groups excluding tert-OH is 1. The lowest BCUT2D eigenvalue weighted by Gasteiger charge is -2.65. The Morgan fingerprint density at radius 1 is 0.967 bits per heavy atom. The van der Waals surface area contributed by atoms with Crippen LogP contribution in [0.25, 0.3) is 0 Å². The lowest BCUT2D eigenvalue weighted by molar-refractivity contribution is -0.215. The van der Waals surface area contributed by atoms with Crippen LogP contribution in [0.3, 0.4) is 0 Å². The molecule has 4 aliphatic carbocycles. The van der Waals surface area contributed by atoms with Crippen molar-refractivity contribution in [1.29, 1.82) is 0 Å². The van der Waals surface area contributed by atoms with Crippen molar-refractivity contribution >= 4 is 15.9 Å². The number of hydrogen-bond donors (Lipinski definition) is 2. The molecule has 0 aliphatic heterocycles. The molecule has 3 heteroatoms. The maximum Gasteiger partial charge on any atom is 0.0852 e. The van der Waals surface area contributed by atoms with Gasteiger partial charge in [-0.3, -0.25) is 0 Å². The molecule has 0 bridgehead atoms. The monoisotopic (exact) mass is 479 g/mol. The Balaban J connectivity index is 1.53. The molecule has 4 fully saturated rings. The van der Waals surface area contributed by atoms with Crippen LogP contribution in [0.15, 0.2) is 0 Å². The van der Waals surface area contributed by atoms with E-state index in [1.807, 2.05) is 0 Å². The van der Waals surface area contributed by atoms with Gasteiger partial charge in [-0.2, -0.15) is 0 Å². The predicted octanol–water partition coefficient (Wildman–Crippen LogP) is 6.96. The summed E-state index contributed by atoms with van der Waals surface area (Å²) in [6.45, 7) is 12.3. The highest BCUT2D eigenvalue weighted by Crippen LogP contribution is 2.69. The Hall–Kier alpha value is 0.400. The summed E-state index contributed by atoms with van der Waals surface area (Å²) < 4.78 is 0. The Morgan fingerprint density at radius 2 is 1.70 bits per heavy atom. The molecule has 4 rings (SSSR count). The number of fused-ring (bicyclic) bond motifs is 5. The van der Waals surface area contributed by atoms with Crippen molar-refractivity contribution in [2.75, 3.05) is 0 Å². The van der Waals surface area contributed by atoms with Crippen molar-refractivity contribution in [3.63, 3.8) is 0 Å². The number of rotatable bonds is 5. The average Bonchev–Trinajstić information content (AvgIpc) is 3.01. The van der Waals surface area contributed by atoms with E-state index in [2.05, 4.69) is 50.5 Å². The summed E-state index contributed by atoms with van der Waals surface area (Å²) in [7, 11) is 0. The van der Waals surface area contributed by atoms with Crippen molar-refractivity contribution in [2.45, 2.75) is 122 Å². The van der Waals surface area contributed by atoms with E-state index in [0.29, 0.717) is 17.8 Å². The van der Waals surface area contributed by atoms with Crippen LogP contribution in [0, 0.1) is 46.3 Å². The summed E-state index contributed by atoms with van der Waals surface area (Å²) in [6.07, 6.45) is 12.7. The van der Waals surface area contributed by atoms with Crippen LogP contribution in [0.1, 0.15) is 105 Å². The first-order chi connectivity index (χ1) is 14.0. The second kappa shape index (κ2) is 8.32. The lowest BCUT2D eigenvalue weighted by atomic mass is 9.43. The minimum atomic E-state index is -0.748. The smallest absolute Gasteiger partial charge is 0.0852 e. The third kappa shape index (κ3) is 3.56. The molecule has 0 amide bonds. The summed E-state index contributed by atoms with van der Waals surface area (Å²) in [6, 6.07) is 0. The van der Waals surface area contributed by atoms with E-state index in [9.17, 15) is 10.2 Å². The second-order valence-corrected chi connectivity index (χ2v) is 14.0. The van der Waals surface area contributed by atoms with E-state index in [-0.39, 0.29) is 16.3 Å². The zero-order chi connectivity index (χ0) is 21.9. The molecule has 2 nitrogen and oxygen atoms in total. The highest BCUT2D eigenvalue weighted by atomic mass is 75.9. The molecule has 0 saturated heterocycles. The van der Waals surface area contributed by atoms with Crippen LogP contribution in [-0.4, -0.2) is 26.7 Å². The van der Waals surface area contributed by atoms with Crippen LogP contribution in [0.2, 0.25) is 0 Å².